The van der Waals surface area contributed by atoms with Crippen LogP contribution in [-0.2, 0) is 0 Å². The average Bonchev–Trinajstić information content (AvgIpc) is 2.46. The van der Waals surface area contributed by atoms with E-state index in [1.54, 1.807) is 10.6 Å². The molecule has 0 aliphatic heterocycles. The van der Waals surface area contributed by atoms with Crippen LogP contribution >= 0.6 is 0 Å². The molecule has 0 spiro atoms. The second kappa shape index (κ2) is 2.58. The van der Waals surface area contributed by atoms with Crippen LogP contribution in [0.15, 0.2) is 24.5 Å². The fourth-order valence-corrected chi connectivity index (χ4v) is 1.28. The summed E-state index contributed by atoms with van der Waals surface area (Å²) >= 11 is 0. The number of pyridine rings is 1. The third-order valence-electron chi connectivity index (χ3n) is 1.90. The fraction of sp³-hybridized carbons (Fsp3) is 0.111. The Bertz CT molecular complexity index is 473. The highest BCUT2D eigenvalue weighted by atomic mass is 16.1. The van der Waals surface area contributed by atoms with Crippen LogP contribution in [0.3, 0.4) is 0 Å². The summed E-state index contributed by atoms with van der Waals surface area (Å²) < 4.78 is 1.69. The molecule has 0 aliphatic rings. The molecule has 2 heterocycles. The number of hydrogen-bond acceptors (Lipinski definition) is 2. The molecule has 0 fully saturated rings. The van der Waals surface area contributed by atoms with E-state index in [-0.39, 0.29) is 5.82 Å². The molecule has 66 valence electrons. The highest BCUT2D eigenvalue weighted by Gasteiger charge is 2.07. The van der Waals surface area contributed by atoms with Crippen LogP contribution in [0.2, 0.25) is 0 Å². The van der Waals surface area contributed by atoms with Crippen LogP contribution in [0.1, 0.15) is 16.2 Å². The molecule has 0 aromatic carbocycles. The minimum absolute atomic E-state index is 0.277. The van der Waals surface area contributed by atoms with Crippen LogP contribution in [0, 0.1) is 6.92 Å². The number of carbonyl (C=O) groups excluding carboxylic acids is 1. The molecule has 1 amide bonds. The Kier molecular flexibility index (Phi) is 1.55. The molecule has 2 N–H and O–H groups in total. The summed E-state index contributed by atoms with van der Waals surface area (Å²) in [7, 11) is 0. The third-order valence-corrected chi connectivity index (χ3v) is 1.90. The highest BCUT2D eigenvalue weighted by molar-refractivity contribution is 5.90. The van der Waals surface area contributed by atoms with Gasteiger partial charge < -0.3 is 5.73 Å². The van der Waals surface area contributed by atoms with Crippen LogP contribution in [0.5, 0.6) is 0 Å². The van der Waals surface area contributed by atoms with Crippen molar-refractivity contribution >= 4 is 11.4 Å². The Balaban J connectivity index is 2.79. The van der Waals surface area contributed by atoms with Gasteiger partial charge in [-0.1, -0.05) is 6.07 Å². The second-order valence-electron chi connectivity index (χ2n) is 2.95. The van der Waals surface area contributed by atoms with Crippen molar-refractivity contribution in [2.75, 3.05) is 0 Å². The van der Waals surface area contributed by atoms with Crippen LogP contribution in [0.4, 0.5) is 0 Å². The van der Waals surface area contributed by atoms with Crippen molar-refractivity contribution in [3.63, 3.8) is 0 Å². The number of amides is 1. The molecule has 4 nitrogen and oxygen atoms in total. The molecular weight excluding hydrogens is 166 g/mol. The predicted octanol–water partition coefficient (Wildman–Crippen LogP) is 0.742. The molecule has 13 heavy (non-hydrogen) atoms. The molecule has 4 heteroatoms. The van der Waals surface area contributed by atoms with Crippen LogP contribution in [-0.4, -0.2) is 15.3 Å². The topological polar surface area (TPSA) is 60.4 Å². The smallest absolute Gasteiger partial charge is 0.285 e. The van der Waals surface area contributed by atoms with E-state index in [9.17, 15) is 4.79 Å². The maximum atomic E-state index is 10.9. The molecular formula is C9H9N3O. The summed E-state index contributed by atoms with van der Waals surface area (Å²) in [6.45, 7) is 1.95. The van der Waals surface area contributed by atoms with Gasteiger partial charge in [-0.25, -0.2) is 4.98 Å². The van der Waals surface area contributed by atoms with Crippen LogP contribution < -0.4 is 5.73 Å². The summed E-state index contributed by atoms with van der Waals surface area (Å²) in [6.07, 6.45) is 3.46. The number of imidazole rings is 1. The Morgan fingerprint density at radius 3 is 3.00 bits per heavy atom. The first kappa shape index (κ1) is 7.79. The number of fused-ring (bicyclic) bond motifs is 1. The zero-order valence-electron chi connectivity index (χ0n) is 7.19. The number of primary amides is 1. The number of nitrogens with zero attached hydrogens (tertiary/aromatic N) is 2. The number of hydrogen-bond donors (Lipinski definition) is 1. The van der Waals surface area contributed by atoms with Gasteiger partial charge in [-0.2, -0.15) is 0 Å². The molecule has 0 aliphatic carbocycles. The Morgan fingerprint density at radius 1 is 1.54 bits per heavy atom. The van der Waals surface area contributed by atoms with Gasteiger partial charge in [-0.05, 0) is 18.6 Å². The van der Waals surface area contributed by atoms with E-state index in [1.807, 2.05) is 25.3 Å². The number of aromatic nitrogens is 2. The van der Waals surface area contributed by atoms with Gasteiger partial charge in [0, 0.05) is 6.20 Å². The molecule has 2 aromatic rings. The summed E-state index contributed by atoms with van der Waals surface area (Å²) in [5, 5.41) is 0. The lowest BCUT2D eigenvalue weighted by atomic mass is 10.3. The number of aryl methyl sites for hydroxylation is 1. The van der Waals surface area contributed by atoms with Crippen molar-refractivity contribution in [1.82, 2.24) is 9.38 Å². The molecule has 0 bridgehead atoms. The zero-order valence-corrected chi connectivity index (χ0v) is 7.19. The normalized spacial score (nSPS) is 10.5. The molecule has 0 atom stereocenters. The molecule has 2 rings (SSSR count). The molecule has 0 saturated carbocycles. The van der Waals surface area contributed by atoms with Gasteiger partial charge in [0.1, 0.15) is 0 Å². The van der Waals surface area contributed by atoms with Crippen molar-refractivity contribution in [3.8, 4) is 0 Å². The van der Waals surface area contributed by atoms with Crippen molar-refractivity contribution in [2.45, 2.75) is 6.92 Å². The first-order valence-electron chi connectivity index (χ1n) is 3.92. The van der Waals surface area contributed by atoms with E-state index >= 15 is 0 Å². The quantitative estimate of drug-likeness (QED) is 0.694. The van der Waals surface area contributed by atoms with Crippen molar-refractivity contribution in [3.05, 3.63) is 35.9 Å². The Morgan fingerprint density at radius 2 is 2.31 bits per heavy atom. The van der Waals surface area contributed by atoms with E-state index in [1.165, 1.54) is 0 Å². The highest BCUT2D eigenvalue weighted by Crippen LogP contribution is 2.07. The van der Waals surface area contributed by atoms with E-state index in [0.29, 0.717) is 0 Å². The van der Waals surface area contributed by atoms with Gasteiger partial charge in [0.25, 0.3) is 5.91 Å². The maximum Gasteiger partial charge on any atom is 0.285 e. The average molecular weight is 175 g/mol. The molecule has 2 aromatic heterocycles. The summed E-state index contributed by atoms with van der Waals surface area (Å²) in [6, 6.07) is 3.86. The van der Waals surface area contributed by atoms with Crippen molar-refractivity contribution in [2.24, 2.45) is 5.73 Å². The third kappa shape index (κ3) is 1.16. The first-order valence-corrected chi connectivity index (χ1v) is 3.92. The van der Waals surface area contributed by atoms with Crippen molar-refractivity contribution in [1.29, 1.82) is 0 Å². The number of carbonyl (C=O) groups is 1. The van der Waals surface area contributed by atoms with E-state index in [4.69, 9.17) is 5.73 Å². The minimum Gasteiger partial charge on any atom is -0.363 e. The SMILES string of the molecule is Cc1ccc2cnc(C(N)=O)n2c1. The lowest BCUT2D eigenvalue weighted by Gasteiger charge is -1.98. The zero-order chi connectivity index (χ0) is 9.42. The largest absolute Gasteiger partial charge is 0.363 e. The van der Waals surface area contributed by atoms with Crippen LogP contribution in [0.25, 0.3) is 5.52 Å². The number of rotatable bonds is 1. The summed E-state index contributed by atoms with van der Waals surface area (Å²) in [5.41, 5.74) is 7.09. The monoisotopic (exact) mass is 175 g/mol. The van der Waals surface area contributed by atoms with Gasteiger partial charge in [0.15, 0.2) is 0 Å². The van der Waals surface area contributed by atoms with Gasteiger partial charge in [0.05, 0.1) is 11.7 Å². The lowest BCUT2D eigenvalue weighted by molar-refractivity contribution is 0.0990. The molecule has 0 saturated heterocycles. The van der Waals surface area contributed by atoms with Crippen molar-refractivity contribution < 1.29 is 4.79 Å². The number of nitrogens with two attached hydrogens (primary N) is 1. The van der Waals surface area contributed by atoms with Gasteiger partial charge in [0.2, 0.25) is 5.82 Å². The summed E-state index contributed by atoms with van der Waals surface area (Å²) in [4.78, 5) is 14.9. The van der Waals surface area contributed by atoms with Gasteiger partial charge >= 0.3 is 0 Å². The van der Waals surface area contributed by atoms with Gasteiger partial charge in [-0.15, -0.1) is 0 Å². The summed E-state index contributed by atoms with van der Waals surface area (Å²) in [5.74, 6) is -0.232. The predicted molar refractivity (Wildman–Crippen MR) is 48.4 cm³/mol. The second-order valence-corrected chi connectivity index (χ2v) is 2.95. The van der Waals surface area contributed by atoms with E-state index in [2.05, 4.69) is 4.98 Å². The Labute approximate surface area is 75.0 Å². The Hall–Kier alpha value is -1.84. The molecule has 0 radical (unpaired) electrons. The minimum atomic E-state index is -0.509. The standard InChI is InChI=1S/C9H9N3O/c1-6-2-3-7-4-11-9(8(10)13)12(7)5-6/h2-5H,1H3,(H2,10,13). The fourth-order valence-electron chi connectivity index (χ4n) is 1.28. The first-order chi connectivity index (χ1) is 6.18. The van der Waals surface area contributed by atoms with E-state index in [0.717, 1.165) is 11.1 Å². The molecule has 0 unspecified atom stereocenters. The van der Waals surface area contributed by atoms with E-state index < -0.39 is 5.91 Å². The van der Waals surface area contributed by atoms with Gasteiger partial charge in [-0.3, -0.25) is 9.20 Å². The lowest BCUT2D eigenvalue weighted by Crippen LogP contribution is -2.15. The maximum absolute atomic E-state index is 10.9.